The monoisotopic (exact) mass is 203 g/mol. The summed E-state index contributed by atoms with van der Waals surface area (Å²) in [6.07, 6.45) is 3.49. The highest BCUT2D eigenvalue weighted by Crippen LogP contribution is 1.89. The first-order valence-electron chi connectivity index (χ1n) is 4.47. The molecule has 76 valence electrons. The summed E-state index contributed by atoms with van der Waals surface area (Å²) in [7, 11) is 0. The first kappa shape index (κ1) is 12.3. The molecule has 0 aliphatic rings. The van der Waals surface area contributed by atoms with E-state index < -0.39 is 0 Å². The molecule has 0 aromatic heterocycles. The molecule has 0 aromatic carbocycles. The predicted octanol–water partition coefficient (Wildman–Crippen LogP) is 0.692. The van der Waals surface area contributed by atoms with Crippen molar-refractivity contribution < 1.29 is 4.79 Å². The Morgan fingerprint density at radius 2 is 2.08 bits per heavy atom. The van der Waals surface area contributed by atoms with Crippen molar-refractivity contribution in [2.45, 2.75) is 33.1 Å². The zero-order chi connectivity index (χ0) is 10.1. The Labute approximate surface area is 84.4 Å². The van der Waals surface area contributed by atoms with Gasteiger partial charge in [-0.25, -0.2) is 5.43 Å². The smallest absolute Gasteiger partial charge is 0.223 e. The molecule has 0 aromatic rings. The van der Waals surface area contributed by atoms with Gasteiger partial charge in [-0.05, 0) is 18.6 Å². The lowest BCUT2D eigenvalue weighted by molar-refractivity contribution is -0.117. The van der Waals surface area contributed by atoms with Crippen LogP contribution in [0, 0.1) is 0 Å². The molecule has 1 amide bonds. The summed E-state index contributed by atoms with van der Waals surface area (Å²) in [5.41, 5.74) is 5.64. The third-order valence-corrected chi connectivity index (χ3v) is 1.60. The number of unbranched alkanes of at least 4 members (excludes halogenated alkanes) is 2. The van der Waals surface area contributed by atoms with Gasteiger partial charge in [0.1, 0.15) is 0 Å². The van der Waals surface area contributed by atoms with Crippen LogP contribution in [0.2, 0.25) is 0 Å². The lowest BCUT2D eigenvalue weighted by Crippen LogP contribution is -2.45. The van der Waals surface area contributed by atoms with Crippen LogP contribution in [-0.4, -0.2) is 17.6 Å². The second kappa shape index (κ2) is 7.94. The summed E-state index contributed by atoms with van der Waals surface area (Å²) >= 11 is 4.80. The van der Waals surface area contributed by atoms with Crippen molar-refractivity contribution in [1.29, 1.82) is 0 Å². The zero-order valence-electron chi connectivity index (χ0n) is 8.14. The molecule has 0 rings (SSSR count). The van der Waals surface area contributed by atoms with Crippen molar-refractivity contribution in [2.24, 2.45) is 0 Å². The van der Waals surface area contributed by atoms with Gasteiger partial charge in [0, 0.05) is 13.5 Å². The molecule has 0 atom stereocenters. The topological polar surface area (TPSA) is 53.2 Å². The Balaban J connectivity index is 3.22. The van der Waals surface area contributed by atoms with E-state index in [4.69, 9.17) is 12.2 Å². The molecule has 0 spiro atoms. The maximum absolute atomic E-state index is 10.5. The Morgan fingerprint density at radius 1 is 1.38 bits per heavy atom. The van der Waals surface area contributed by atoms with Crippen LogP contribution in [0.5, 0.6) is 0 Å². The first-order valence-corrected chi connectivity index (χ1v) is 4.88. The van der Waals surface area contributed by atoms with Crippen LogP contribution in [0.25, 0.3) is 0 Å². The first-order chi connectivity index (χ1) is 6.16. The standard InChI is InChI=1S/C8H17N3OS/c1-3-4-5-6-9-11-8(13)10-7(2)12/h9H,3-6H2,1-2H3,(H2,10,11,12,13). The van der Waals surface area contributed by atoms with Gasteiger partial charge in [-0.3, -0.25) is 10.2 Å². The van der Waals surface area contributed by atoms with Crippen LogP contribution >= 0.6 is 12.2 Å². The fraction of sp³-hybridized carbons (Fsp3) is 0.750. The number of hydrogen-bond donors (Lipinski definition) is 3. The Bertz CT molecular complexity index is 173. The van der Waals surface area contributed by atoms with Gasteiger partial charge in [0.05, 0.1) is 0 Å². The molecular weight excluding hydrogens is 186 g/mol. The molecule has 0 aliphatic carbocycles. The highest BCUT2D eigenvalue weighted by molar-refractivity contribution is 7.80. The number of nitrogens with one attached hydrogen (secondary N) is 3. The average molecular weight is 203 g/mol. The summed E-state index contributed by atoms with van der Waals surface area (Å²) in [6.45, 7) is 4.42. The van der Waals surface area contributed by atoms with E-state index >= 15 is 0 Å². The van der Waals surface area contributed by atoms with Gasteiger partial charge >= 0.3 is 0 Å². The molecule has 0 saturated carbocycles. The molecule has 0 bridgehead atoms. The van der Waals surface area contributed by atoms with Crippen molar-refractivity contribution in [3.63, 3.8) is 0 Å². The summed E-state index contributed by atoms with van der Waals surface area (Å²) in [5, 5.41) is 2.78. The number of rotatable bonds is 5. The van der Waals surface area contributed by atoms with Gasteiger partial charge in [-0.1, -0.05) is 19.8 Å². The van der Waals surface area contributed by atoms with E-state index in [0.717, 1.165) is 13.0 Å². The van der Waals surface area contributed by atoms with Gasteiger partial charge in [0.2, 0.25) is 5.91 Å². The van der Waals surface area contributed by atoms with E-state index in [0.29, 0.717) is 5.11 Å². The minimum Gasteiger partial charge on any atom is -0.302 e. The minimum absolute atomic E-state index is 0.159. The van der Waals surface area contributed by atoms with Crippen LogP contribution in [0.3, 0.4) is 0 Å². The number of amides is 1. The van der Waals surface area contributed by atoms with Crippen LogP contribution in [0.1, 0.15) is 33.1 Å². The van der Waals surface area contributed by atoms with Crippen molar-refractivity contribution in [2.75, 3.05) is 6.54 Å². The molecule has 13 heavy (non-hydrogen) atoms. The largest absolute Gasteiger partial charge is 0.302 e. The maximum Gasteiger partial charge on any atom is 0.223 e. The molecule has 4 nitrogen and oxygen atoms in total. The highest BCUT2D eigenvalue weighted by Gasteiger charge is 1.95. The Morgan fingerprint density at radius 3 is 2.62 bits per heavy atom. The van der Waals surface area contributed by atoms with Gasteiger partial charge in [0.25, 0.3) is 0 Å². The minimum atomic E-state index is -0.159. The number of hydrogen-bond acceptors (Lipinski definition) is 3. The van der Waals surface area contributed by atoms with Gasteiger partial charge < -0.3 is 5.32 Å². The van der Waals surface area contributed by atoms with Crippen molar-refractivity contribution in [3.05, 3.63) is 0 Å². The summed E-state index contributed by atoms with van der Waals surface area (Å²) in [4.78, 5) is 10.5. The fourth-order valence-corrected chi connectivity index (χ4v) is 1.01. The molecular formula is C8H17N3OS. The van der Waals surface area contributed by atoms with Crippen LogP contribution in [0.4, 0.5) is 0 Å². The van der Waals surface area contributed by atoms with Crippen LogP contribution in [0.15, 0.2) is 0 Å². The van der Waals surface area contributed by atoms with E-state index in [1.54, 1.807) is 0 Å². The van der Waals surface area contributed by atoms with Crippen molar-refractivity contribution in [1.82, 2.24) is 16.2 Å². The number of carbonyl (C=O) groups is 1. The maximum atomic E-state index is 10.5. The zero-order valence-corrected chi connectivity index (χ0v) is 8.96. The number of hydrazine groups is 1. The molecule has 3 N–H and O–H groups in total. The van der Waals surface area contributed by atoms with E-state index in [1.165, 1.54) is 19.8 Å². The molecule has 5 heteroatoms. The summed E-state index contributed by atoms with van der Waals surface area (Å²) < 4.78 is 0. The molecule has 0 fully saturated rings. The molecule has 0 radical (unpaired) electrons. The van der Waals surface area contributed by atoms with Crippen LogP contribution < -0.4 is 16.2 Å². The summed E-state index contributed by atoms with van der Waals surface area (Å²) in [5.74, 6) is -0.159. The molecule has 0 aliphatic heterocycles. The van der Waals surface area contributed by atoms with Crippen molar-refractivity contribution >= 4 is 23.2 Å². The normalized spacial score (nSPS) is 9.38. The molecule has 0 heterocycles. The van der Waals surface area contributed by atoms with Crippen molar-refractivity contribution in [3.8, 4) is 0 Å². The lowest BCUT2D eigenvalue weighted by atomic mass is 10.2. The Kier molecular flexibility index (Phi) is 7.53. The number of carbonyl (C=O) groups excluding carboxylic acids is 1. The second-order valence-corrected chi connectivity index (χ2v) is 3.18. The van der Waals surface area contributed by atoms with Gasteiger partial charge in [-0.2, -0.15) is 0 Å². The fourth-order valence-electron chi connectivity index (χ4n) is 0.797. The van der Waals surface area contributed by atoms with Gasteiger partial charge in [0.15, 0.2) is 5.11 Å². The lowest BCUT2D eigenvalue weighted by Gasteiger charge is -2.08. The summed E-state index contributed by atoms with van der Waals surface area (Å²) in [6, 6.07) is 0. The van der Waals surface area contributed by atoms with Gasteiger partial charge in [-0.15, -0.1) is 0 Å². The third-order valence-electron chi connectivity index (χ3n) is 1.40. The van der Waals surface area contributed by atoms with E-state index in [2.05, 4.69) is 23.1 Å². The van der Waals surface area contributed by atoms with E-state index in [1.807, 2.05) is 0 Å². The highest BCUT2D eigenvalue weighted by atomic mass is 32.1. The van der Waals surface area contributed by atoms with Crippen LogP contribution in [-0.2, 0) is 4.79 Å². The second-order valence-electron chi connectivity index (χ2n) is 2.77. The Hall–Kier alpha value is -0.680. The SMILES string of the molecule is CCCCCNNC(=S)NC(C)=O. The number of thiocarbonyl (C=S) groups is 1. The molecule has 0 saturated heterocycles. The average Bonchev–Trinajstić information content (AvgIpc) is 2.02. The quantitative estimate of drug-likeness (QED) is 0.350. The molecule has 0 unspecified atom stereocenters. The predicted molar refractivity (Wildman–Crippen MR) is 57.1 cm³/mol. The van der Waals surface area contributed by atoms with E-state index in [-0.39, 0.29) is 5.91 Å². The third kappa shape index (κ3) is 9.23. The van der Waals surface area contributed by atoms with E-state index in [9.17, 15) is 4.79 Å².